The summed E-state index contributed by atoms with van der Waals surface area (Å²) in [6.07, 6.45) is 5.71. The third-order valence-corrected chi connectivity index (χ3v) is 4.11. The summed E-state index contributed by atoms with van der Waals surface area (Å²) in [6, 6.07) is 9.36. The Balaban J connectivity index is 1.88. The number of aliphatic carboxylic acids is 1. The molecule has 1 aliphatic rings. The minimum absolute atomic E-state index is 0.00436. The molecule has 0 bridgehead atoms. The van der Waals surface area contributed by atoms with E-state index >= 15 is 0 Å². The summed E-state index contributed by atoms with van der Waals surface area (Å²) in [5, 5.41) is 8.48. The Morgan fingerprint density at radius 1 is 1.26 bits per heavy atom. The molecule has 0 spiro atoms. The van der Waals surface area contributed by atoms with Crippen LogP contribution in [0.1, 0.15) is 24.8 Å². The molecule has 0 saturated carbocycles. The first kappa shape index (κ1) is 20.4. The van der Waals surface area contributed by atoms with Gasteiger partial charge in [-0.15, -0.1) is 0 Å². The van der Waals surface area contributed by atoms with Gasteiger partial charge in [0.1, 0.15) is 13.2 Å². The number of likely N-dealkylation sites (tertiary alicyclic amines) is 1. The first-order valence-electron chi connectivity index (χ1n) is 8.86. The molecule has 1 heterocycles. The van der Waals surface area contributed by atoms with Gasteiger partial charge in [-0.1, -0.05) is 48.2 Å². The van der Waals surface area contributed by atoms with E-state index in [1.807, 2.05) is 30.3 Å². The van der Waals surface area contributed by atoms with Crippen molar-refractivity contribution in [3.05, 3.63) is 48.0 Å². The summed E-state index contributed by atoms with van der Waals surface area (Å²) in [5.74, 6) is 4.49. The molecule has 1 amide bonds. The second-order valence-corrected chi connectivity index (χ2v) is 6.21. The van der Waals surface area contributed by atoms with Crippen molar-refractivity contribution in [2.75, 3.05) is 19.8 Å². The monoisotopic (exact) mass is 369 g/mol. The third kappa shape index (κ3) is 7.47. The molecule has 1 aliphatic heterocycles. The van der Waals surface area contributed by atoms with Crippen LogP contribution in [0, 0.1) is 11.8 Å². The molecule has 142 valence electrons. The van der Waals surface area contributed by atoms with Gasteiger partial charge in [-0.2, -0.15) is 0 Å². The van der Waals surface area contributed by atoms with Crippen LogP contribution in [-0.4, -0.2) is 53.5 Å². The first-order chi connectivity index (χ1) is 13.1. The van der Waals surface area contributed by atoms with E-state index in [1.165, 1.54) is 0 Å². The van der Waals surface area contributed by atoms with Gasteiger partial charge in [0.25, 0.3) is 0 Å². The number of carbonyl (C=O) groups excluding carboxylic acids is 2. The number of rotatable bonds is 8. The van der Waals surface area contributed by atoms with Gasteiger partial charge in [0.05, 0.1) is 12.6 Å². The highest BCUT2D eigenvalue weighted by Gasteiger charge is 2.25. The number of carboxylic acids is 1. The number of ether oxygens (including phenoxy) is 1. The van der Waals surface area contributed by atoms with Crippen LogP contribution >= 0.6 is 0 Å². The number of hydrogen-bond donors (Lipinski definition) is 1. The van der Waals surface area contributed by atoms with Gasteiger partial charge in [-0.3, -0.25) is 9.59 Å². The molecule has 1 aromatic rings. The summed E-state index contributed by atoms with van der Waals surface area (Å²) in [5.41, 5.74) is 0.955. The molecular weight excluding hydrogens is 346 g/mol. The highest BCUT2D eigenvalue weighted by molar-refractivity contribution is 5.91. The fraction of sp³-hybridized carbons (Fsp3) is 0.381. The smallest absolute Gasteiger partial charge is 0.329 e. The van der Waals surface area contributed by atoms with E-state index in [2.05, 4.69) is 11.8 Å². The zero-order valence-electron chi connectivity index (χ0n) is 15.1. The molecule has 1 unspecified atom stereocenters. The van der Waals surface area contributed by atoms with Crippen molar-refractivity contribution >= 4 is 17.7 Å². The lowest BCUT2D eigenvalue weighted by atomic mass is 10.00. The first-order valence-corrected chi connectivity index (χ1v) is 8.86. The van der Waals surface area contributed by atoms with Crippen LogP contribution in [0.5, 0.6) is 0 Å². The number of carbonyl (C=O) groups is 3. The van der Waals surface area contributed by atoms with E-state index in [1.54, 1.807) is 17.1 Å². The molecule has 2 rings (SSSR count). The summed E-state index contributed by atoms with van der Waals surface area (Å²) in [6.45, 7) is -0.159. The molecule has 0 aliphatic carbocycles. The number of hydrogen-bond acceptors (Lipinski definition) is 4. The maximum absolute atomic E-state index is 12.2. The number of carboxylic acid groups (broad SMARTS) is 1. The van der Waals surface area contributed by atoms with E-state index < -0.39 is 12.6 Å². The normalized spacial score (nSPS) is 16.8. The lowest BCUT2D eigenvalue weighted by Crippen LogP contribution is -2.42. The maximum atomic E-state index is 12.2. The number of piperidine rings is 1. The van der Waals surface area contributed by atoms with Gasteiger partial charge in [-0.05, 0) is 24.5 Å². The molecule has 1 N–H and O–H groups in total. The van der Waals surface area contributed by atoms with E-state index in [0.717, 1.165) is 18.4 Å². The van der Waals surface area contributed by atoms with Crippen LogP contribution in [0.3, 0.4) is 0 Å². The van der Waals surface area contributed by atoms with Crippen LogP contribution in [0.15, 0.2) is 42.5 Å². The Labute approximate surface area is 158 Å². The molecule has 0 radical (unpaired) electrons. The zero-order chi connectivity index (χ0) is 19.5. The Hall–Kier alpha value is -2.91. The largest absolute Gasteiger partial charge is 0.480 e. The minimum Gasteiger partial charge on any atom is -0.480 e. The van der Waals surface area contributed by atoms with Crippen LogP contribution in [-0.2, 0) is 25.5 Å². The van der Waals surface area contributed by atoms with Crippen molar-refractivity contribution < 1.29 is 24.2 Å². The summed E-state index contributed by atoms with van der Waals surface area (Å²) < 4.78 is 4.84. The predicted molar refractivity (Wildman–Crippen MR) is 99.9 cm³/mol. The number of ketones is 1. The Morgan fingerprint density at radius 3 is 2.78 bits per heavy atom. The van der Waals surface area contributed by atoms with Crippen LogP contribution in [0.4, 0.5) is 0 Å². The average molecular weight is 369 g/mol. The van der Waals surface area contributed by atoms with Crippen LogP contribution < -0.4 is 0 Å². The second kappa shape index (κ2) is 10.9. The molecular formula is C21H23NO5. The molecule has 0 aromatic heterocycles. The fourth-order valence-electron chi connectivity index (χ4n) is 2.81. The molecule has 1 atom stereocenters. The van der Waals surface area contributed by atoms with Crippen molar-refractivity contribution in [3.63, 3.8) is 0 Å². The third-order valence-electron chi connectivity index (χ3n) is 4.11. The Bertz CT molecular complexity index is 745. The number of nitrogens with zero attached hydrogens (tertiary/aromatic N) is 1. The van der Waals surface area contributed by atoms with Gasteiger partial charge in [0.15, 0.2) is 5.78 Å². The van der Waals surface area contributed by atoms with Crippen molar-refractivity contribution in [3.8, 4) is 11.8 Å². The highest BCUT2D eigenvalue weighted by atomic mass is 16.5. The van der Waals surface area contributed by atoms with Gasteiger partial charge in [0.2, 0.25) is 5.91 Å². The number of allylic oxidation sites excluding steroid dienone is 1. The molecule has 1 aromatic carbocycles. The van der Waals surface area contributed by atoms with Crippen molar-refractivity contribution in [2.45, 2.75) is 31.7 Å². The molecule has 6 nitrogen and oxygen atoms in total. The van der Waals surface area contributed by atoms with Crippen LogP contribution in [0.2, 0.25) is 0 Å². The van der Waals surface area contributed by atoms with Crippen molar-refractivity contribution in [1.29, 1.82) is 0 Å². The van der Waals surface area contributed by atoms with Gasteiger partial charge in [-0.25, -0.2) is 4.79 Å². The fourth-order valence-corrected chi connectivity index (χ4v) is 2.81. The van der Waals surface area contributed by atoms with Gasteiger partial charge >= 0.3 is 5.97 Å². The summed E-state index contributed by atoms with van der Waals surface area (Å²) in [7, 11) is 0. The lowest BCUT2D eigenvalue weighted by molar-refractivity contribution is -0.141. The minimum atomic E-state index is -1.05. The SMILES string of the molecule is O=C(O)COCC#CCN1C(=O)CCCC1C=CC(=O)Cc1ccccc1. The van der Waals surface area contributed by atoms with Gasteiger partial charge in [0, 0.05) is 12.8 Å². The zero-order valence-corrected chi connectivity index (χ0v) is 15.1. The van der Waals surface area contributed by atoms with Gasteiger partial charge < -0.3 is 14.7 Å². The van der Waals surface area contributed by atoms with E-state index in [-0.39, 0.29) is 30.9 Å². The quantitative estimate of drug-likeness (QED) is 0.429. The number of benzene rings is 1. The predicted octanol–water partition coefficient (Wildman–Crippen LogP) is 1.84. The second-order valence-electron chi connectivity index (χ2n) is 6.21. The van der Waals surface area contributed by atoms with Crippen molar-refractivity contribution in [2.24, 2.45) is 0 Å². The molecule has 27 heavy (non-hydrogen) atoms. The average Bonchev–Trinajstić information content (AvgIpc) is 2.65. The molecule has 1 saturated heterocycles. The molecule has 1 fully saturated rings. The Kier molecular flexibility index (Phi) is 8.27. The maximum Gasteiger partial charge on any atom is 0.329 e. The van der Waals surface area contributed by atoms with Crippen LogP contribution in [0.25, 0.3) is 0 Å². The highest BCUT2D eigenvalue weighted by Crippen LogP contribution is 2.19. The summed E-state index contributed by atoms with van der Waals surface area (Å²) >= 11 is 0. The van der Waals surface area contributed by atoms with E-state index in [4.69, 9.17) is 9.84 Å². The van der Waals surface area contributed by atoms with E-state index in [9.17, 15) is 14.4 Å². The summed E-state index contributed by atoms with van der Waals surface area (Å²) in [4.78, 5) is 36.3. The topological polar surface area (TPSA) is 83.9 Å². The standard InChI is InChI=1S/C21H23NO5/c23-19(15-17-7-2-1-3-8-17)12-11-18-9-6-10-20(24)22(18)13-4-5-14-27-16-21(25)26/h1-3,7-8,11-12,18H,6,9-10,13-16H2,(H,25,26). The van der Waals surface area contributed by atoms with E-state index in [0.29, 0.717) is 12.8 Å². The Morgan fingerprint density at radius 2 is 2.04 bits per heavy atom. The lowest BCUT2D eigenvalue weighted by Gasteiger charge is -2.32. The number of amides is 1. The molecule has 6 heteroatoms. The van der Waals surface area contributed by atoms with Crippen molar-refractivity contribution in [1.82, 2.24) is 4.90 Å².